The lowest BCUT2D eigenvalue weighted by Crippen LogP contribution is -2.27. The minimum atomic E-state index is -3.78. The molecule has 12 heteroatoms. The van der Waals surface area contributed by atoms with Crippen molar-refractivity contribution in [3.05, 3.63) is 58.1 Å². The number of amides is 1. The maximum atomic E-state index is 12.6. The predicted octanol–water partition coefficient (Wildman–Crippen LogP) is 1.59. The summed E-state index contributed by atoms with van der Waals surface area (Å²) >= 11 is 0. The van der Waals surface area contributed by atoms with Crippen LogP contribution in [0.3, 0.4) is 0 Å². The highest BCUT2D eigenvalue weighted by Crippen LogP contribution is 2.28. The number of nitrogens with one attached hydrogen (secondary N) is 3. The number of hydrazone groups is 1. The summed E-state index contributed by atoms with van der Waals surface area (Å²) < 4.78 is 27.7. The Morgan fingerprint density at radius 1 is 1.19 bits per heavy atom. The molecule has 0 fully saturated rings. The highest BCUT2D eigenvalue weighted by atomic mass is 32.2. The highest BCUT2D eigenvalue weighted by molar-refractivity contribution is 7.89. The topological polar surface area (TPSA) is 146 Å². The van der Waals surface area contributed by atoms with Gasteiger partial charge in [-0.1, -0.05) is 12.1 Å². The van der Waals surface area contributed by atoms with Gasteiger partial charge in [-0.25, -0.2) is 13.1 Å². The van der Waals surface area contributed by atoms with Gasteiger partial charge in [-0.2, -0.15) is 5.10 Å². The van der Waals surface area contributed by atoms with E-state index in [9.17, 15) is 23.3 Å². The standard InChI is InChI=1S/C19H22N6O5S/c1-24(2)11-5-10-20-31(29,30)13-8-9-15-14(12-13)18(19(26)21-15)23-22-16-6-3-4-7-17(16)25(27)28/h3-4,6-9,12,20,22H,5,10-11H2,1-2H3,(H,21,23,26). The molecule has 0 radical (unpaired) electrons. The second-order valence-electron chi connectivity index (χ2n) is 7.06. The van der Waals surface area contributed by atoms with Gasteiger partial charge in [0.1, 0.15) is 5.69 Å². The van der Waals surface area contributed by atoms with Gasteiger partial charge in [0, 0.05) is 18.2 Å². The zero-order valence-electron chi connectivity index (χ0n) is 17.0. The quantitative estimate of drug-likeness (QED) is 0.301. The van der Waals surface area contributed by atoms with Crippen molar-refractivity contribution in [3.8, 4) is 0 Å². The lowest BCUT2D eigenvalue weighted by molar-refractivity contribution is -0.384. The Bertz CT molecular complexity index is 1150. The molecule has 0 aromatic heterocycles. The van der Waals surface area contributed by atoms with Crippen LogP contribution in [0.2, 0.25) is 0 Å². The van der Waals surface area contributed by atoms with E-state index in [2.05, 4.69) is 20.6 Å². The predicted molar refractivity (Wildman–Crippen MR) is 117 cm³/mol. The molecule has 164 valence electrons. The lowest BCUT2D eigenvalue weighted by Gasteiger charge is -2.11. The van der Waals surface area contributed by atoms with Crippen molar-refractivity contribution in [2.24, 2.45) is 5.10 Å². The molecule has 0 spiro atoms. The summed E-state index contributed by atoms with van der Waals surface area (Å²) in [5.41, 5.74) is 3.05. The van der Waals surface area contributed by atoms with Gasteiger partial charge in [-0.15, -0.1) is 0 Å². The smallest absolute Gasteiger partial charge is 0.294 e. The molecule has 0 saturated carbocycles. The van der Waals surface area contributed by atoms with E-state index in [0.29, 0.717) is 12.1 Å². The molecule has 0 bridgehead atoms. The van der Waals surface area contributed by atoms with Gasteiger partial charge < -0.3 is 10.2 Å². The van der Waals surface area contributed by atoms with E-state index in [4.69, 9.17) is 0 Å². The van der Waals surface area contributed by atoms with Crippen LogP contribution in [0.1, 0.15) is 12.0 Å². The molecule has 0 aliphatic carbocycles. The third kappa shape index (κ3) is 5.23. The molecule has 11 nitrogen and oxygen atoms in total. The number of hydrogen-bond acceptors (Lipinski definition) is 8. The number of fused-ring (bicyclic) bond motifs is 1. The van der Waals surface area contributed by atoms with E-state index in [1.807, 2.05) is 19.0 Å². The maximum Gasteiger partial charge on any atom is 0.294 e. The molecule has 1 heterocycles. The van der Waals surface area contributed by atoms with Gasteiger partial charge in [0.15, 0.2) is 5.71 Å². The molecule has 1 aliphatic heterocycles. The van der Waals surface area contributed by atoms with Gasteiger partial charge in [0.05, 0.1) is 15.5 Å². The van der Waals surface area contributed by atoms with E-state index in [1.165, 1.54) is 36.4 Å². The Balaban J connectivity index is 1.84. The fourth-order valence-corrected chi connectivity index (χ4v) is 4.04. The molecule has 0 unspecified atom stereocenters. The van der Waals surface area contributed by atoms with Crippen molar-refractivity contribution in [3.63, 3.8) is 0 Å². The highest BCUT2D eigenvalue weighted by Gasteiger charge is 2.28. The van der Waals surface area contributed by atoms with E-state index < -0.39 is 20.9 Å². The molecule has 3 N–H and O–H groups in total. The number of benzene rings is 2. The van der Waals surface area contributed by atoms with Crippen LogP contribution in [0.15, 0.2) is 52.5 Å². The zero-order chi connectivity index (χ0) is 22.6. The molecule has 2 aromatic carbocycles. The number of para-hydroxylation sites is 2. The minimum absolute atomic E-state index is 0.00834. The first kappa shape index (κ1) is 22.3. The van der Waals surface area contributed by atoms with E-state index in [1.54, 1.807) is 6.07 Å². The average molecular weight is 446 g/mol. The SMILES string of the molecule is CN(C)CCCNS(=O)(=O)c1ccc2c(c1)/C(=N/Nc1ccccc1[N+](=O)[O-])C(=O)N2. The summed E-state index contributed by atoms with van der Waals surface area (Å²) in [6.45, 7) is 1.01. The van der Waals surface area contributed by atoms with Crippen LogP contribution >= 0.6 is 0 Å². The molecular weight excluding hydrogens is 424 g/mol. The number of anilines is 2. The second kappa shape index (κ2) is 9.20. The molecular formula is C19H22N6O5S. The molecule has 31 heavy (non-hydrogen) atoms. The number of nitrogens with zero attached hydrogens (tertiary/aromatic N) is 3. The molecule has 0 saturated heterocycles. The molecule has 0 atom stereocenters. The average Bonchev–Trinajstić information content (AvgIpc) is 3.04. The first-order chi connectivity index (χ1) is 14.7. The Morgan fingerprint density at radius 2 is 1.94 bits per heavy atom. The van der Waals surface area contributed by atoms with E-state index in [0.717, 1.165) is 6.54 Å². The van der Waals surface area contributed by atoms with Gasteiger partial charge in [0.2, 0.25) is 10.0 Å². The molecule has 1 aliphatic rings. The first-order valence-corrected chi connectivity index (χ1v) is 10.8. The largest absolute Gasteiger partial charge is 0.320 e. The van der Waals surface area contributed by atoms with Gasteiger partial charge >= 0.3 is 0 Å². The Labute approximate surface area is 179 Å². The monoisotopic (exact) mass is 446 g/mol. The van der Waals surface area contributed by atoms with Crippen molar-refractivity contribution in [2.75, 3.05) is 37.9 Å². The van der Waals surface area contributed by atoms with Crippen molar-refractivity contribution in [1.29, 1.82) is 0 Å². The van der Waals surface area contributed by atoms with Crippen LogP contribution < -0.4 is 15.5 Å². The van der Waals surface area contributed by atoms with Crippen molar-refractivity contribution >= 4 is 38.7 Å². The van der Waals surface area contributed by atoms with E-state index in [-0.39, 0.29) is 34.1 Å². The number of nitro groups is 1. The number of carbonyl (C=O) groups excluding carboxylic acids is 1. The van der Waals surface area contributed by atoms with E-state index >= 15 is 0 Å². The van der Waals surface area contributed by atoms with Crippen molar-refractivity contribution < 1.29 is 18.1 Å². The number of sulfonamides is 1. The second-order valence-corrected chi connectivity index (χ2v) is 8.83. The minimum Gasteiger partial charge on any atom is -0.320 e. The van der Waals surface area contributed by atoms with Crippen LogP contribution in [-0.2, 0) is 14.8 Å². The van der Waals surface area contributed by atoms with Crippen LogP contribution in [0.5, 0.6) is 0 Å². The van der Waals surface area contributed by atoms with Crippen LogP contribution in [0.4, 0.5) is 17.1 Å². The van der Waals surface area contributed by atoms with Crippen molar-refractivity contribution in [2.45, 2.75) is 11.3 Å². The third-order valence-electron chi connectivity index (χ3n) is 4.48. The summed E-state index contributed by atoms with van der Waals surface area (Å²) in [6, 6.07) is 10.1. The first-order valence-electron chi connectivity index (χ1n) is 9.36. The number of carbonyl (C=O) groups is 1. The van der Waals surface area contributed by atoms with Gasteiger partial charge in [0.25, 0.3) is 11.6 Å². The number of rotatable bonds is 9. The maximum absolute atomic E-state index is 12.6. The molecule has 3 rings (SSSR count). The van der Waals surface area contributed by atoms with Crippen molar-refractivity contribution in [1.82, 2.24) is 9.62 Å². The van der Waals surface area contributed by atoms with Crippen LogP contribution in [0, 0.1) is 10.1 Å². The summed E-state index contributed by atoms with van der Waals surface area (Å²) in [6.07, 6.45) is 0.643. The Morgan fingerprint density at radius 3 is 2.65 bits per heavy atom. The third-order valence-corrected chi connectivity index (χ3v) is 5.94. The normalized spacial score (nSPS) is 14.5. The number of nitro benzene ring substituents is 1. The lowest BCUT2D eigenvalue weighted by atomic mass is 10.1. The molecule has 1 amide bonds. The molecule has 2 aromatic rings. The van der Waals surface area contributed by atoms with Gasteiger partial charge in [-0.3, -0.25) is 20.3 Å². The van der Waals surface area contributed by atoms with Crippen LogP contribution in [-0.4, -0.2) is 57.0 Å². The van der Waals surface area contributed by atoms with Gasteiger partial charge in [-0.05, 0) is 51.3 Å². The summed E-state index contributed by atoms with van der Waals surface area (Å²) in [5, 5.41) is 17.7. The summed E-state index contributed by atoms with van der Waals surface area (Å²) in [7, 11) is 0.0234. The fourth-order valence-electron chi connectivity index (χ4n) is 2.94. The zero-order valence-corrected chi connectivity index (χ0v) is 17.8. The number of hydrogen-bond donors (Lipinski definition) is 3. The summed E-state index contributed by atoms with van der Waals surface area (Å²) in [4.78, 5) is 24.8. The summed E-state index contributed by atoms with van der Waals surface area (Å²) in [5.74, 6) is -0.547. The fraction of sp³-hybridized carbons (Fsp3) is 0.263. The van der Waals surface area contributed by atoms with Crippen LogP contribution in [0.25, 0.3) is 0 Å². The Kier molecular flexibility index (Phi) is 6.63. The Hall–Kier alpha value is -3.35.